The Kier molecular flexibility index (Phi) is 4.45. The second kappa shape index (κ2) is 6.32. The summed E-state index contributed by atoms with van der Waals surface area (Å²) >= 11 is 7.42. The van der Waals surface area contributed by atoms with Crippen LogP contribution >= 0.6 is 22.9 Å². The van der Waals surface area contributed by atoms with Crippen molar-refractivity contribution >= 4 is 38.9 Å². The van der Waals surface area contributed by atoms with E-state index in [4.69, 9.17) is 11.6 Å². The minimum atomic E-state index is -0.269. The van der Waals surface area contributed by atoms with E-state index in [0.717, 1.165) is 35.8 Å². The lowest BCUT2D eigenvalue weighted by molar-refractivity contribution is 0.0948. The van der Waals surface area contributed by atoms with Crippen molar-refractivity contribution in [2.45, 2.75) is 31.1 Å². The van der Waals surface area contributed by atoms with Crippen molar-refractivity contribution in [2.75, 3.05) is 6.54 Å². The van der Waals surface area contributed by atoms with Gasteiger partial charge in [-0.1, -0.05) is 6.07 Å². The largest absolute Gasteiger partial charge is 0.351 e. The monoisotopic (exact) mass is 325 g/mol. The van der Waals surface area contributed by atoms with E-state index in [0.29, 0.717) is 22.7 Å². The van der Waals surface area contributed by atoms with Crippen LogP contribution in [0.3, 0.4) is 0 Å². The lowest BCUT2D eigenvalue weighted by Gasteiger charge is -2.24. The topological polar surface area (TPSA) is 29.1 Å². The van der Waals surface area contributed by atoms with Gasteiger partial charge >= 0.3 is 0 Å². The number of halogens is 2. The maximum Gasteiger partial charge on any atom is 0.261 e. The predicted octanol–water partition coefficient (Wildman–Crippen LogP) is 4.57. The second-order valence-electron chi connectivity index (χ2n) is 5.62. The number of hydrogen-bond donors (Lipinski definition) is 1. The maximum absolute atomic E-state index is 13.2. The highest BCUT2D eigenvalue weighted by Gasteiger charge is 2.20. The molecule has 112 valence electrons. The number of alkyl halides is 1. The van der Waals surface area contributed by atoms with Crippen molar-refractivity contribution in [3.63, 3.8) is 0 Å². The van der Waals surface area contributed by atoms with Crippen LogP contribution in [-0.4, -0.2) is 17.8 Å². The lowest BCUT2D eigenvalue weighted by Crippen LogP contribution is -2.31. The molecule has 3 rings (SSSR count). The SMILES string of the molecule is O=C(NCC1CCC(Cl)CC1)c1cc2ccc(F)cc2s1. The van der Waals surface area contributed by atoms with Crippen LogP contribution in [0, 0.1) is 11.7 Å². The third-order valence-corrected chi connectivity index (χ3v) is 5.57. The Hall–Kier alpha value is -1.13. The fourth-order valence-corrected chi connectivity index (χ4v) is 4.02. The predicted molar refractivity (Wildman–Crippen MR) is 85.7 cm³/mol. The quantitative estimate of drug-likeness (QED) is 0.823. The summed E-state index contributed by atoms with van der Waals surface area (Å²) in [5.74, 6) is 0.189. The maximum atomic E-state index is 13.2. The fraction of sp³-hybridized carbons (Fsp3) is 0.438. The summed E-state index contributed by atoms with van der Waals surface area (Å²) < 4.78 is 14.0. The summed E-state index contributed by atoms with van der Waals surface area (Å²) in [7, 11) is 0. The number of amides is 1. The Balaban J connectivity index is 1.61. The fourth-order valence-electron chi connectivity index (χ4n) is 2.77. The van der Waals surface area contributed by atoms with Crippen LogP contribution in [0.25, 0.3) is 10.1 Å². The van der Waals surface area contributed by atoms with Crippen LogP contribution in [0.5, 0.6) is 0 Å². The summed E-state index contributed by atoms with van der Waals surface area (Å²) in [6, 6.07) is 6.42. The molecule has 21 heavy (non-hydrogen) atoms. The van der Waals surface area contributed by atoms with Crippen LogP contribution in [0.15, 0.2) is 24.3 Å². The highest BCUT2D eigenvalue weighted by atomic mass is 35.5. The van der Waals surface area contributed by atoms with Crippen molar-refractivity contribution in [1.29, 1.82) is 0 Å². The van der Waals surface area contributed by atoms with Crippen molar-refractivity contribution in [1.82, 2.24) is 5.32 Å². The number of rotatable bonds is 3. The molecule has 0 bridgehead atoms. The molecule has 1 heterocycles. The van der Waals surface area contributed by atoms with Gasteiger partial charge in [-0.2, -0.15) is 0 Å². The molecule has 1 aliphatic carbocycles. The Morgan fingerprint density at radius 2 is 2.05 bits per heavy atom. The number of hydrogen-bond acceptors (Lipinski definition) is 2. The van der Waals surface area contributed by atoms with E-state index in [1.807, 2.05) is 6.07 Å². The zero-order valence-electron chi connectivity index (χ0n) is 11.6. The molecule has 0 spiro atoms. The zero-order valence-corrected chi connectivity index (χ0v) is 13.1. The highest BCUT2D eigenvalue weighted by Crippen LogP contribution is 2.28. The Bertz CT molecular complexity index is 649. The van der Waals surface area contributed by atoms with Gasteiger partial charge < -0.3 is 5.32 Å². The summed E-state index contributed by atoms with van der Waals surface area (Å²) in [5.41, 5.74) is 0. The molecular formula is C16H17ClFNOS. The number of carbonyl (C=O) groups excluding carboxylic acids is 1. The van der Waals surface area contributed by atoms with Gasteiger partial charge in [0.05, 0.1) is 4.88 Å². The zero-order chi connectivity index (χ0) is 14.8. The van der Waals surface area contributed by atoms with E-state index in [9.17, 15) is 9.18 Å². The first-order valence-electron chi connectivity index (χ1n) is 7.23. The van der Waals surface area contributed by atoms with E-state index < -0.39 is 0 Å². The minimum absolute atomic E-state index is 0.0652. The Morgan fingerprint density at radius 3 is 2.81 bits per heavy atom. The van der Waals surface area contributed by atoms with Crippen LogP contribution in [0.1, 0.15) is 35.4 Å². The molecule has 0 radical (unpaired) electrons. The molecule has 2 nitrogen and oxygen atoms in total. The van der Waals surface area contributed by atoms with Gasteiger partial charge in [-0.15, -0.1) is 22.9 Å². The van der Waals surface area contributed by atoms with E-state index in [1.165, 1.54) is 23.5 Å². The Morgan fingerprint density at radius 1 is 1.29 bits per heavy atom. The molecule has 5 heteroatoms. The lowest BCUT2D eigenvalue weighted by atomic mass is 9.89. The normalized spacial score (nSPS) is 22.4. The number of fused-ring (bicyclic) bond motifs is 1. The second-order valence-corrected chi connectivity index (χ2v) is 7.32. The van der Waals surface area contributed by atoms with E-state index >= 15 is 0 Å². The number of nitrogens with one attached hydrogen (secondary N) is 1. The van der Waals surface area contributed by atoms with Gasteiger partial charge in [0, 0.05) is 16.6 Å². The molecule has 1 amide bonds. The first-order chi connectivity index (χ1) is 10.1. The van der Waals surface area contributed by atoms with Gasteiger partial charge in [0.1, 0.15) is 5.82 Å². The highest BCUT2D eigenvalue weighted by molar-refractivity contribution is 7.20. The Labute approximate surface area is 132 Å². The average molecular weight is 326 g/mol. The number of thiophene rings is 1. The minimum Gasteiger partial charge on any atom is -0.351 e. The van der Waals surface area contributed by atoms with Gasteiger partial charge in [0.2, 0.25) is 0 Å². The molecule has 1 N–H and O–H groups in total. The molecule has 1 aromatic heterocycles. The van der Waals surface area contributed by atoms with Crippen LogP contribution < -0.4 is 5.32 Å². The first kappa shape index (κ1) is 14.8. The molecule has 2 aromatic rings. The molecule has 1 fully saturated rings. The average Bonchev–Trinajstić information content (AvgIpc) is 2.89. The van der Waals surface area contributed by atoms with Crippen molar-refractivity contribution in [3.8, 4) is 0 Å². The molecule has 1 aliphatic rings. The molecule has 0 saturated heterocycles. The van der Waals surface area contributed by atoms with E-state index in [-0.39, 0.29) is 11.7 Å². The summed E-state index contributed by atoms with van der Waals surface area (Å²) in [6.45, 7) is 0.699. The van der Waals surface area contributed by atoms with Crippen LogP contribution in [-0.2, 0) is 0 Å². The number of benzene rings is 1. The van der Waals surface area contributed by atoms with Crippen molar-refractivity contribution < 1.29 is 9.18 Å². The smallest absolute Gasteiger partial charge is 0.261 e. The van der Waals surface area contributed by atoms with Crippen molar-refractivity contribution in [3.05, 3.63) is 35.0 Å². The van der Waals surface area contributed by atoms with Gasteiger partial charge in [-0.25, -0.2) is 4.39 Å². The van der Waals surface area contributed by atoms with E-state index in [2.05, 4.69) is 5.32 Å². The van der Waals surface area contributed by atoms with Gasteiger partial charge in [-0.05, 0) is 55.2 Å². The molecule has 0 atom stereocenters. The van der Waals surface area contributed by atoms with E-state index in [1.54, 1.807) is 6.07 Å². The van der Waals surface area contributed by atoms with Gasteiger partial charge in [0.15, 0.2) is 0 Å². The standard InChI is InChI=1S/C16H17ClFNOS/c17-12-4-1-10(2-5-12)9-19-16(20)15-7-11-3-6-13(18)8-14(11)21-15/h3,6-8,10,12H,1-2,4-5,9H2,(H,19,20). The summed E-state index contributed by atoms with van der Waals surface area (Å²) in [4.78, 5) is 12.8. The summed E-state index contributed by atoms with van der Waals surface area (Å²) in [6.07, 6.45) is 4.21. The third-order valence-electron chi connectivity index (χ3n) is 4.03. The number of carbonyl (C=O) groups is 1. The van der Waals surface area contributed by atoms with Gasteiger partial charge in [-0.3, -0.25) is 4.79 Å². The summed E-state index contributed by atoms with van der Waals surface area (Å²) in [5, 5.41) is 4.21. The molecule has 1 saturated carbocycles. The molecule has 0 unspecified atom stereocenters. The molecular weight excluding hydrogens is 309 g/mol. The third kappa shape index (κ3) is 3.55. The van der Waals surface area contributed by atoms with Gasteiger partial charge in [0.25, 0.3) is 5.91 Å². The molecule has 0 aliphatic heterocycles. The molecule has 1 aromatic carbocycles. The van der Waals surface area contributed by atoms with Crippen LogP contribution in [0.2, 0.25) is 0 Å². The van der Waals surface area contributed by atoms with Crippen LogP contribution in [0.4, 0.5) is 4.39 Å². The first-order valence-corrected chi connectivity index (χ1v) is 8.48. The van der Waals surface area contributed by atoms with Crippen molar-refractivity contribution in [2.24, 2.45) is 5.92 Å².